The van der Waals surface area contributed by atoms with Crippen LogP contribution in [-0.4, -0.2) is 17.6 Å². The zero-order valence-corrected chi connectivity index (χ0v) is 4.48. The number of aliphatic carboxylic acids is 1. The molecule has 2 N–H and O–H groups in total. The predicted molar refractivity (Wildman–Crippen MR) is 28.1 cm³/mol. The molecule has 0 bridgehead atoms. The second kappa shape index (κ2) is 2.13. The second-order valence-electron chi connectivity index (χ2n) is 1.81. The Morgan fingerprint density at radius 1 is 1.75 bits per heavy atom. The van der Waals surface area contributed by atoms with Crippen LogP contribution in [0.1, 0.15) is 12.8 Å². The summed E-state index contributed by atoms with van der Waals surface area (Å²) in [6.45, 7) is 0.821. The normalized spacial score (nSPS) is 21.5. The van der Waals surface area contributed by atoms with Crippen molar-refractivity contribution < 1.29 is 9.90 Å². The topological polar surface area (TPSA) is 49.3 Å². The first kappa shape index (κ1) is 5.56. The van der Waals surface area contributed by atoms with E-state index in [9.17, 15) is 4.79 Å². The number of rotatable bonds is 1. The Labute approximate surface area is 47.7 Å². The summed E-state index contributed by atoms with van der Waals surface area (Å²) in [5.41, 5.74) is 0. The van der Waals surface area contributed by atoms with E-state index in [-0.39, 0.29) is 0 Å². The van der Waals surface area contributed by atoms with Gasteiger partial charge < -0.3 is 5.11 Å². The van der Waals surface area contributed by atoms with Crippen molar-refractivity contribution in [2.24, 2.45) is 0 Å². The fraction of sp³-hybridized carbons (Fsp3) is 0.600. The van der Waals surface area contributed by atoms with Gasteiger partial charge in [-0.1, -0.05) is 0 Å². The Morgan fingerprint density at radius 2 is 2.50 bits per heavy atom. The monoisotopic (exact) mass is 114 g/mol. The smallest absolute Gasteiger partial charge is 0.326 e. The molecule has 45 valence electrons. The number of carboxylic acid groups (broad SMARTS) is 1. The molecule has 0 saturated carbocycles. The fourth-order valence-electron chi connectivity index (χ4n) is 0.775. The van der Waals surface area contributed by atoms with Crippen molar-refractivity contribution >= 4 is 5.97 Å². The van der Waals surface area contributed by atoms with E-state index in [1.807, 2.05) is 0 Å². The molecule has 1 saturated heterocycles. The molecule has 0 spiro atoms. The molecule has 1 aliphatic heterocycles. The maximum atomic E-state index is 10.1. The molecule has 1 radical (unpaired) electrons. The highest BCUT2D eigenvalue weighted by Crippen LogP contribution is 2.11. The zero-order valence-electron chi connectivity index (χ0n) is 4.48. The molecular formula is C5H8NO2. The summed E-state index contributed by atoms with van der Waals surface area (Å²) in [4.78, 5) is 10.1. The summed E-state index contributed by atoms with van der Waals surface area (Å²) in [6.07, 6.45) is 1.66. The molecule has 0 aliphatic carbocycles. The van der Waals surface area contributed by atoms with Crippen molar-refractivity contribution in [1.29, 1.82) is 0 Å². The highest BCUT2D eigenvalue weighted by molar-refractivity contribution is 5.82. The zero-order chi connectivity index (χ0) is 5.98. The van der Waals surface area contributed by atoms with Crippen LogP contribution >= 0.6 is 0 Å². The molecule has 0 aromatic carbocycles. The lowest BCUT2D eigenvalue weighted by atomic mass is 10.2. The van der Waals surface area contributed by atoms with Crippen LogP contribution in [0.2, 0.25) is 0 Å². The molecule has 1 heterocycles. The van der Waals surface area contributed by atoms with Gasteiger partial charge in [-0.15, -0.1) is 0 Å². The van der Waals surface area contributed by atoms with Gasteiger partial charge in [0.25, 0.3) is 0 Å². The first-order valence-electron chi connectivity index (χ1n) is 2.63. The van der Waals surface area contributed by atoms with Crippen molar-refractivity contribution in [3.63, 3.8) is 0 Å². The third-order valence-corrected chi connectivity index (χ3v) is 1.20. The van der Waals surface area contributed by atoms with Gasteiger partial charge in [-0.25, -0.2) is 0 Å². The summed E-state index contributed by atoms with van der Waals surface area (Å²) >= 11 is 0. The predicted octanol–water partition coefficient (Wildman–Crippen LogP) is -0.0136. The molecule has 1 aliphatic rings. The lowest BCUT2D eigenvalue weighted by molar-refractivity contribution is -0.135. The van der Waals surface area contributed by atoms with Crippen LogP contribution in [0.15, 0.2) is 0 Å². The lowest BCUT2D eigenvalue weighted by Gasteiger charge is -1.97. The van der Waals surface area contributed by atoms with Gasteiger partial charge in [0, 0.05) is 0 Å². The van der Waals surface area contributed by atoms with E-state index in [0.717, 1.165) is 13.0 Å². The van der Waals surface area contributed by atoms with E-state index in [1.54, 1.807) is 0 Å². The Morgan fingerprint density at radius 3 is 2.75 bits per heavy atom. The Balaban J connectivity index is 2.35. The Hall–Kier alpha value is -0.570. The van der Waals surface area contributed by atoms with Crippen molar-refractivity contribution in [2.75, 3.05) is 6.54 Å². The van der Waals surface area contributed by atoms with Crippen LogP contribution in [0, 0.1) is 6.04 Å². The molecule has 0 aromatic rings. The van der Waals surface area contributed by atoms with E-state index in [1.165, 1.54) is 0 Å². The van der Waals surface area contributed by atoms with Crippen LogP contribution in [-0.2, 0) is 4.79 Å². The minimum absolute atomic E-state index is 0.463. The van der Waals surface area contributed by atoms with Crippen LogP contribution in [0.3, 0.4) is 0 Å². The lowest BCUT2D eigenvalue weighted by Crippen LogP contribution is -2.21. The van der Waals surface area contributed by atoms with E-state index in [2.05, 4.69) is 5.32 Å². The maximum Gasteiger partial charge on any atom is 0.326 e. The standard InChI is InChI=1S/C5H8NO2/c7-5(8)4-2-1-3-6-4/h6H,1-3H2,(H,7,8). The first-order chi connectivity index (χ1) is 3.80. The Kier molecular flexibility index (Phi) is 1.48. The molecule has 3 nitrogen and oxygen atoms in total. The molecule has 0 aromatic heterocycles. The quantitative estimate of drug-likeness (QED) is 0.504. The van der Waals surface area contributed by atoms with E-state index >= 15 is 0 Å². The van der Waals surface area contributed by atoms with Gasteiger partial charge in [-0.3, -0.25) is 10.1 Å². The minimum Gasteiger partial charge on any atom is -0.480 e. The first-order valence-corrected chi connectivity index (χ1v) is 2.63. The third kappa shape index (κ3) is 0.980. The van der Waals surface area contributed by atoms with Crippen molar-refractivity contribution in [3.05, 3.63) is 6.04 Å². The molecule has 0 atom stereocenters. The van der Waals surface area contributed by atoms with Gasteiger partial charge in [0.05, 0.1) is 0 Å². The van der Waals surface area contributed by atoms with Crippen molar-refractivity contribution in [2.45, 2.75) is 12.8 Å². The highest BCUT2D eigenvalue weighted by Gasteiger charge is 2.21. The molecule has 1 rings (SSSR count). The molecule has 3 heteroatoms. The van der Waals surface area contributed by atoms with Crippen LogP contribution in [0.5, 0.6) is 0 Å². The van der Waals surface area contributed by atoms with Gasteiger partial charge in [-0.2, -0.15) is 0 Å². The average Bonchev–Trinajstić information content (AvgIpc) is 2.12. The summed E-state index contributed by atoms with van der Waals surface area (Å²) in [5, 5.41) is 11.1. The molecule has 8 heavy (non-hydrogen) atoms. The summed E-state index contributed by atoms with van der Waals surface area (Å²) in [7, 11) is 0. The van der Waals surface area contributed by atoms with Gasteiger partial charge in [0.1, 0.15) is 6.04 Å². The minimum atomic E-state index is -0.803. The molecule has 1 fully saturated rings. The second-order valence-corrected chi connectivity index (χ2v) is 1.81. The van der Waals surface area contributed by atoms with Crippen LogP contribution in [0.4, 0.5) is 0 Å². The fourth-order valence-corrected chi connectivity index (χ4v) is 0.775. The SMILES string of the molecule is O=C(O)[C]1CCCN1. The average molecular weight is 114 g/mol. The molecule has 0 amide bonds. The number of carboxylic acids is 1. The van der Waals surface area contributed by atoms with Crippen molar-refractivity contribution in [3.8, 4) is 0 Å². The Bertz CT molecular complexity index is 96.6. The van der Waals surface area contributed by atoms with Crippen LogP contribution < -0.4 is 5.32 Å². The van der Waals surface area contributed by atoms with Gasteiger partial charge >= 0.3 is 5.97 Å². The highest BCUT2D eigenvalue weighted by atomic mass is 16.4. The van der Waals surface area contributed by atoms with E-state index < -0.39 is 5.97 Å². The van der Waals surface area contributed by atoms with E-state index in [4.69, 9.17) is 5.11 Å². The number of hydrogen-bond acceptors (Lipinski definition) is 2. The summed E-state index contributed by atoms with van der Waals surface area (Å²) in [5.74, 6) is -0.803. The van der Waals surface area contributed by atoms with Gasteiger partial charge in [0.2, 0.25) is 0 Å². The number of nitrogens with one attached hydrogen (secondary N) is 1. The van der Waals surface area contributed by atoms with Gasteiger partial charge in [-0.05, 0) is 19.4 Å². The van der Waals surface area contributed by atoms with Crippen molar-refractivity contribution in [1.82, 2.24) is 5.32 Å². The summed E-state index contributed by atoms with van der Waals surface area (Å²) < 4.78 is 0. The third-order valence-electron chi connectivity index (χ3n) is 1.20. The largest absolute Gasteiger partial charge is 0.480 e. The molecular weight excluding hydrogens is 106 g/mol. The maximum absolute atomic E-state index is 10.1. The number of hydrogen-bond donors (Lipinski definition) is 2. The molecule has 0 unspecified atom stereocenters. The number of carbonyl (C=O) groups is 1. The van der Waals surface area contributed by atoms with Crippen LogP contribution in [0.25, 0.3) is 0 Å². The van der Waals surface area contributed by atoms with Gasteiger partial charge in [0.15, 0.2) is 0 Å². The van der Waals surface area contributed by atoms with E-state index in [0.29, 0.717) is 12.5 Å². The summed E-state index contributed by atoms with van der Waals surface area (Å²) in [6, 6.07) is 0.463.